The predicted molar refractivity (Wildman–Crippen MR) is 117 cm³/mol. The molecule has 0 fully saturated rings. The first-order chi connectivity index (χ1) is 14.5. The number of urea groups is 1. The third-order valence-electron chi connectivity index (χ3n) is 4.72. The molecule has 2 amide bonds. The summed E-state index contributed by atoms with van der Waals surface area (Å²) >= 11 is 0. The summed E-state index contributed by atoms with van der Waals surface area (Å²) in [6, 6.07) is 23.0. The van der Waals surface area contributed by atoms with E-state index in [1.807, 2.05) is 79.7 Å². The van der Waals surface area contributed by atoms with Gasteiger partial charge in [-0.25, -0.2) is 9.18 Å². The first-order valence-corrected chi connectivity index (χ1v) is 9.75. The normalized spacial score (nSPS) is 11.7. The van der Waals surface area contributed by atoms with Gasteiger partial charge in [0, 0.05) is 17.8 Å². The van der Waals surface area contributed by atoms with Crippen LogP contribution in [0.15, 0.2) is 78.9 Å². The van der Waals surface area contributed by atoms with Crippen molar-refractivity contribution < 1.29 is 13.9 Å². The van der Waals surface area contributed by atoms with E-state index in [1.165, 1.54) is 12.1 Å². The number of halogens is 1. The Labute approximate surface area is 176 Å². The molecule has 156 valence electrons. The lowest BCUT2D eigenvalue weighted by Gasteiger charge is -2.25. The van der Waals surface area contributed by atoms with Gasteiger partial charge in [0.2, 0.25) is 0 Å². The van der Waals surface area contributed by atoms with Crippen molar-refractivity contribution in [2.45, 2.75) is 12.6 Å². The number of hydrogen-bond donors (Lipinski definition) is 2. The van der Waals surface area contributed by atoms with Gasteiger partial charge in [0.25, 0.3) is 0 Å². The zero-order valence-corrected chi connectivity index (χ0v) is 17.1. The summed E-state index contributed by atoms with van der Waals surface area (Å²) in [7, 11) is 3.79. The average molecular weight is 407 g/mol. The number of carbonyl (C=O) groups excluding carboxylic acids is 1. The summed E-state index contributed by atoms with van der Waals surface area (Å²) in [4.78, 5) is 14.4. The van der Waals surface area contributed by atoms with Crippen LogP contribution in [0, 0.1) is 5.82 Å². The zero-order chi connectivity index (χ0) is 21.3. The van der Waals surface area contributed by atoms with E-state index in [0.29, 0.717) is 18.8 Å². The Hall–Kier alpha value is -3.38. The number of amides is 2. The number of hydrogen-bond acceptors (Lipinski definition) is 3. The molecule has 2 N–H and O–H groups in total. The van der Waals surface area contributed by atoms with E-state index in [9.17, 15) is 9.18 Å². The molecule has 6 heteroatoms. The van der Waals surface area contributed by atoms with Crippen LogP contribution in [0.4, 0.5) is 14.9 Å². The van der Waals surface area contributed by atoms with E-state index >= 15 is 0 Å². The quantitative estimate of drug-likeness (QED) is 0.562. The number of rotatable bonds is 8. The fourth-order valence-electron chi connectivity index (χ4n) is 3.11. The molecule has 0 aliphatic carbocycles. The van der Waals surface area contributed by atoms with E-state index in [1.54, 1.807) is 6.07 Å². The van der Waals surface area contributed by atoms with E-state index in [2.05, 4.69) is 10.6 Å². The summed E-state index contributed by atoms with van der Waals surface area (Å²) in [5.74, 6) is 0.469. The van der Waals surface area contributed by atoms with Crippen LogP contribution in [0.2, 0.25) is 0 Å². The molecule has 5 nitrogen and oxygen atoms in total. The highest BCUT2D eigenvalue weighted by Crippen LogP contribution is 2.20. The summed E-state index contributed by atoms with van der Waals surface area (Å²) in [5, 5.41) is 5.76. The summed E-state index contributed by atoms with van der Waals surface area (Å²) in [6.45, 7) is 0.676. The molecule has 0 spiro atoms. The van der Waals surface area contributed by atoms with E-state index in [0.717, 1.165) is 16.9 Å². The molecule has 0 heterocycles. The number of carbonyl (C=O) groups is 1. The summed E-state index contributed by atoms with van der Waals surface area (Å²) in [6.07, 6.45) is 0. The monoisotopic (exact) mass is 407 g/mol. The highest BCUT2D eigenvalue weighted by Gasteiger charge is 2.16. The summed E-state index contributed by atoms with van der Waals surface area (Å²) in [5.41, 5.74) is 2.35. The number of benzene rings is 3. The molecule has 1 atom stereocenters. The molecule has 0 radical (unpaired) electrons. The Morgan fingerprint density at radius 1 is 1.00 bits per heavy atom. The van der Waals surface area contributed by atoms with Crippen molar-refractivity contribution >= 4 is 11.7 Å². The Kier molecular flexibility index (Phi) is 7.40. The fourth-order valence-corrected chi connectivity index (χ4v) is 3.11. The minimum atomic E-state index is -0.328. The third-order valence-corrected chi connectivity index (χ3v) is 4.72. The number of para-hydroxylation sites is 2. The van der Waals surface area contributed by atoms with Gasteiger partial charge in [0.1, 0.15) is 18.2 Å². The summed E-state index contributed by atoms with van der Waals surface area (Å²) < 4.78 is 19.4. The van der Waals surface area contributed by atoms with Crippen molar-refractivity contribution in [2.24, 2.45) is 0 Å². The van der Waals surface area contributed by atoms with E-state index < -0.39 is 0 Å². The minimum Gasteiger partial charge on any atom is -0.489 e. The van der Waals surface area contributed by atoms with E-state index in [-0.39, 0.29) is 17.9 Å². The maximum absolute atomic E-state index is 13.6. The van der Waals surface area contributed by atoms with Crippen molar-refractivity contribution in [1.82, 2.24) is 10.2 Å². The molecular formula is C24H26FN3O2. The van der Waals surface area contributed by atoms with Crippen LogP contribution >= 0.6 is 0 Å². The van der Waals surface area contributed by atoms with Crippen LogP contribution in [0.3, 0.4) is 0 Å². The van der Waals surface area contributed by atoms with Crippen LogP contribution in [0.25, 0.3) is 0 Å². The van der Waals surface area contributed by atoms with Gasteiger partial charge < -0.3 is 20.3 Å². The second-order valence-electron chi connectivity index (χ2n) is 7.13. The topological polar surface area (TPSA) is 53.6 Å². The predicted octanol–water partition coefficient (Wildman–Crippen LogP) is 4.83. The molecule has 30 heavy (non-hydrogen) atoms. The van der Waals surface area contributed by atoms with Crippen LogP contribution in [-0.2, 0) is 6.61 Å². The van der Waals surface area contributed by atoms with Gasteiger partial charge in [-0.3, -0.25) is 0 Å². The van der Waals surface area contributed by atoms with Crippen molar-refractivity contribution in [1.29, 1.82) is 0 Å². The number of likely N-dealkylation sites (N-methyl/N-ethyl adjacent to an activating group) is 1. The highest BCUT2D eigenvalue weighted by atomic mass is 19.1. The Balaban J connectivity index is 1.60. The second kappa shape index (κ2) is 10.4. The molecule has 0 saturated carbocycles. The van der Waals surface area contributed by atoms with Gasteiger partial charge in [0.05, 0.1) is 6.04 Å². The Morgan fingerprint density at radius 2 is 1.73 bits per heavy atom. The molecule has 1 unspecified atom stereocenters. The van der Waals surface area contributed by atoms with Gasteiger partial charge in [-0.05, 0) is 50.0 Å². The van der Waals surface area contributed by atoms with Gasteiger partial charge in [-0.15, -0.1) is 0 Å². The molecule has 0 aliphatic rings. The van der Waals surface area contributed by atoms with Gasteiger partial charge in [-0.2, -0.15) is 0 Å². The second-order valence-corrected chi connectivity index (χ2v) is 7.13. The smallest absolute Gasteiger partial charge is 0.319 e. The number of ether oxygens (including phenoxy) is 1. The van der Waals surface area contributed by atoms with Crippen molar-refractivity contribution in [3.8, 4) is 5.75 Å². The molecule has 3 rings (SSSR count). The van der Waals surface area contributed by atoms with Crippen LogP contribution < -0.4 is 15.4 Å². The molecule has 3 aromatic carbocycles. The third kappa shape index (κ3) is 6.06. The lowest BCUT2D eigenvalue weighted by atomic mass is 10.1. The lowest BCUT2D eigenvalue weighted by Crippen LogP contribution is -2.37. The maximum Gasteiger partial charge on any atom is 0.319 e. The van der Waals surface area contributed by atoms with Crippen LogP contribution in [0.5, 0.6) is 5.75 Å². The molecule has 0 aliphatic heterocycles. The largest absolute Gasteiger partial charge is 0.489 e. The fraction of sp³-hybridized carbons (Fsp3) is 0.208. The van der Waals surface area contributed by atoms with Crippen LogP contribution in [0.1, 0.15) is 17.2 Å². The average Bonchev–Trinajstić information content (AvgIpc) is 2.74. The van der Waals surface area contributed by atoms with Gasteiger partial charge in [0.15, 0.2) is 0 Å². The number of nitrogens with zero attached hydrogens (tertiary/aromatic N) is 1. The Morgan fingerprint density at radius 3 is 2.47 bits per heavy atom. The van der Waals surface area contributed by atoms with Crippen molar-refractivity contribution in [3.63, 3.8) is 0 Å². The van der Waals surface area contributed by atoms with Gasteiger partial charge in [-0.1, -0.05) is 48.5 Å². The molecule has 0 saturated heterocycles. The molecule has 0 bridgehead atoms. The first kappa shape index (κ1) is 21.3. The highest BCUT2D eigenvalue weighted by molar-refractivity contribution is 5.90. The minimum absolute atomic E-state index is 0.150. The van der Waals surface area contributed by atoms with Gasteiger partial charge >= 0.3 is 6.03 Å². The van der Waals surface area contributed by atoms with Crippen molar-refractivity contribution in [3.05, 3.63) is 95.8 Å². The van der Waals surface area contributed by atoms with Crippen LogP contribution in [-0.4, -0.2) is 31.6 Å². The maximum atomic E-state index is 13.6. The standard InChI is InChI=1S/C24H26FN3O2/c1-28(2)23(18-10-8-11-20(25)15-18)16-26-24(29)27-22-14-7-6-9-19(22)17-30-21-12-4-3-5-13-21/h3-15,23H,16-17H2,1-2H3,(H2,26,27,29). The number of nitrogens with one attached hydrogen (secondary N) is 2. The Bertz CT molecular complexity index is 963. The molecule has 3 aromatic rings. The lowest BCUT2D eigenvalue weighted by molar-refractivity contribution is 0.243. The molecular weight excluding hydrogens is 381 g/mol. The van der Waals surface area contributed by atoms with Crippen molar-refractivity contribution in [2.75, 3.05) is 26.0 Å². The number of anilines is 1. The molecule has 0 aromatic heterocycles. The van der Waals surface area contributed by atoms with E-state index in [4.69, 9.17) is 4.74 Å². The zero-order valence-electron chi connectivity index (χ0n) is 17.1. The first-order valence-electron chi connectivity index (χ1n) is 9.75. The SMILES string of the molecule is CN(C)C(CNC(=O)Nc1ccccc1COc1ccccc1)c1cccc(F)c1.